The van der Waals surface area contributed by atoms with Gasteiger partial charge in [-0.05, 0) is 53.6 Å². The molecule has 4 rings (SSSR count). The van der Waals surface area contributed by atoms with Crippen molar-refractivity contribution in [3.8, 4) is 0 Å². The molecule has 2 aromatic heterocycles. The predicted molar refractivity (Wildman–Crippen MR) is 102 cm³/mol. The number of benzene rings is 1. The van der Waals surface area contributed by atoms with Crippen LogP contribution in [0.4, 0.5) is 0 Å². The number of hydrogen-bond acceptors (Lipinski definition) is 2. The fraction of sp³-hybridized carbons (Fsp3) is 0.316. The summed E-state index contributed by atoms with van der Waals surface area (Å²) >= 11 is 2.45. The minimum Gasteiger partial charge on any atom is -0.343 e. The molecule has 0 atom stereocenters. The molecule has 4 heteroatoms. The Labute approximate surface area is 150 Å². The Morgan fingerprint density at radius 3 is 2.61 bits per heavy atom. The van der Waals surface area contributed by atoms with Gasteiger partial charge in [-0.2, -0.15) is 0 Å². The summed E-state index contributed by atoms with van der Waals surface area (Å²) < 4.78 is 3.85. The second-order valence-electron chi connectivity index (χ2n) is 6.23. The molecule has 1 aliphatic heterocycles. The van der Waals surface area contributed by atoms with E-state index in [9.17, 15) is 0 Å². The molecule has 1 saturated heterocycles. The lowest BCUT2D eigenvalue weighted by molar-refractivity contribution is 0.180. The molecule has 0 N–H and O–H groups in total. The van der Waals surface area contributed by atoms with Crippen LogP contribution < -0.4 is 0 Å². The van der Waals surface area contributed by atoms with Crippen molar-refractivity contribution in [1.82, 2.24) is 14.5 Å². The highest BCUT2D eigenvalue weighted by Crippen LogP contribution is 2.31. The third-order valence-corrected chi connectivity index (χ3v) is 5.61. The molecular weight excluding hydrogens is 397 g/mol. The van der Waals surface area contributed by atoms with Crippen molar-refractivity contribution in [2.75, 3.05) is 13.1 Å². The first kappa shape index (κ1) is 15.1. The van der Waals surface area contributed by atoms with Crippen molar-refractivity contribution in [1.29, 1.82) is 0 Å². The maximum atomic E-state index is 4.45. The van der Waals surface area contributed by atoms with Crippen LogP contribution in [0.1, 0.15) is 24.6 Å². The van der Waals surface area contributed by atoms with Gasteiger partial charge < -0.3 is 4.57 Å². The topological polar surface area (TPSA) is 21.1 Å². The molecule has 0 spiro atoms. The largest absolute Gasteiger partial charge is 0.343 e. The van der Waals surface area contributed by atoms with Gasteiger partial charge in [0, 0.05) is 52.5 Å². The van der Waals surface area contributed by atoms with E-state index in [-0.39, 0.29) is 0 Å². The van der Waals surface area contributed by atoms with Crippen LogP contribution in [0.25, 0.3) is 10.9 Å². The van der Waals surface area contributed by atoms with Gasteiger partial charge in [0.2, 0.25) is 0 Å². The summed E-state index contributed by atoms with van der Waals surface area (Å²) in [5, 5.41) is 1.38. The molecule has 1 aromatic carbocycles. The second kappa shape index (κ2) is 6.61. The maximum Gasteiger partial charge on any atom is 0.0543 e. The summed E-state index contributed by atoms with van der Waals surface area (Å²) in [5.41, 5.74) is 2.55. The lowest BCUT2D eigenvalue weighted by atomic mass is 10.0. The fourth-order valence-electron chi connectivity index (χ4n) is 3.54. The maximum absolute atomic E-state index is 4.45. The minimum absolute atomic E-state index is 0.614. The number of pyridine rings is 1. The summed E-state index contributed by atoms with van der Waals surface area (Å²) in [5.74, 6) is 0. The lowest BCUT2D eigenvalue weighted by Crippen LogP contribution is -2.34. The summed E-state index contributed by atoms with van der Waals surface area (Å²) in [6.07, 6.45) is 6.63. The zero-order valence-electron chi connectivity index (χ0n) is 13.0. The fourth-order valence-corrected chi connectivity index (χ4v) is 4.30. The van der Waals surface area contributed by atoms with Crippen LogP contribution in [0.15, 0.2) is 54.9 Å². The number of rotatable bonds is 3. The van der Waals surface area contributed by atoms with Crippen molar-refractivity contribution in [3.05, 3.63) is 64.1 Å². The van der Waals surface area contributed by atoms with E-state index in [1.54, 1.807) is 0 Å². The van der Waals surface area contributed by atoms with E-state index in [2.05, 4.69) is 79.6 Å². The Balaban J connectivity index is 1.47. The van der Waals surface area contributed by atoms with Gasteiger partial charge >= 0.3 is 0 Å². The second-order valence-corrected chi connectivity index (χ2v) is 7.39. The van der Waals surface area contributed by atoms with Gasteiger partial charge in [-0.15, -0.1) is 0 Å². The molecule has 0 unspecified atom stereocenters. The number of para-hydroxylation sites is 1. The third kappa shape index (κ3) is 3.15. The van der Waals surface area contributed by atoms with E-state index >= 15 is 0 Å². The van der Waals surface area contributed by atoms with Crippen molar-refractivity contribution >= 4 is 33.5 Å². The van der Waals surface area contributed by atoms with Gasteiger partial charge in [0.25, 0.3) is 0 Å². The Morgan fingerprint density at radius 1 is 1.04 bits per heavy atom. The standard InChI is InChI=1S/C19H20IN3/c20-18-14-23(19-7-2-1-6-17(18)19)16-8-11-22(12-9-16)13-15-5-3-4-10-21-15/h1-7,10,14,16H,8-9,11-13H2. The zero-order valence-corrected chi connectivity index (χ0v) is 15.2. The Morgan fingerprint density at radius 2 is 1.83 bits per heavy atom. The van der Waals surface area contributed by atoms with Crippen LogP contribution in [0.3, 0.4) is 0 Å². The molecule has 0 saturated carbocycles. The monoisotopic (exact) mass is 417 g/mol. The van der Waals surface area contributed by atoms with E-state index < -0.39 is 0 Å². The van der Waals surface area contributed by atoms with Crippen LogP contribution in [0.2, 0.25) is 0 Å². The van der Waals surface area contributed by atoms with E-state index in [1.165, 1.54) is 33.0 Å². The minimum atomic E-state index is 0.614. The summed E-state index contributed by atoms with van der Waals surface area (Å²) in [6, 6.07) is 15.5. The van der Waals surface area contributed by atoms with Crippen LogP contribution in [-0.4, -0.2) is 27.5 Å². The normalized spacial score (nSPS) is 16.9. The van der Waals surface area contributed by atoms with Gasteiger partial charge in [0.1, 0.15) is 0 Å². The molecule has 1 aliphatic rings. The van der Waals surface area contributed by atoms with Crippen LogP contribution in [0.5, 0.6) is 0 Å². The molecule has 0 radical (unpaired) electrons. The summed E-state index contributed by atoms with van der Waals surface area (Å²) in [7, 11) is 0. The van der Waals surface area contributed by atoms with E-state index in [1.807, 2.05) is 12.3 Å². The quantitative estimate of drug-likeness (QED) is 0.587. The molecule has 1 fully saturated rings. The van der Waals surface area contributed by atoms with Gasteiger partial charge in [0.05, 0.1) is 5.69 Å². The first-order valence-electron chi connectivity index (χ1n) is 8.18. The third-order valence-electron chi connectivity index (χ3n) is 4.75. The molecule has 0 aliphatic carbocycles. The van der Waals surface area contributed by atoms with E-state index in [4.69, 9.17) is 0 Å². The molecule has 0 bridgehead atoms. The summed E-state index contributed by atoms with van der Waals surface area (Å²) in [6.45, 7) is 3.26. The van der Waals surface area contributed by atoms with Crippen molar-refractivity contribution in [2.24, 2.45) is 0 Å². The van der Waals surface area contributed by atoms with E-state index in [0.29, 0.717) is 6.04 Å². The highest BCUT2D eigenvalue weighted by molar-refractivity contribution is 14.1. The lowest BCUT2D eigenvalue weighted by Gasteiger charge is -2.32. The molecular formula is C19H20IN3. The average molecular weight is 417 g/mol. The van der Waals surface area contributed by atoms with Crippen molar-refractivity contribution in [2.45, 2.75) is 25.4 Å². The number of fused-ring (bicyclic) bond motifs is 1. The van der Waals surface area contributed by atoms with E-state index in [0.717, 1.165) is 19.6 Å². The SMILES string of the molecule is Ic1cn(C2CCN(Cc3ccccn3)CC2)c2ccccc12. The first-order valence-corrected chi connectivity index (χ1v) is 9.26. The van der Waals surface area contributed by atoms with Gasteiger partial charge in [-0.1, -0.05) is 24.3 Å². The molecule has 23 heavy (non-hydrogen) atoms. The summed E-state index contributed by atoms with van der Waals surface area (Å²) in [4.78, 5) is 6.97. The van der Waals surface area contributed by atoms with Crippen LogP contribution >= 0.6 is 22.6 Å². The van der Waals surface area contributed by atoms with Gasteiger partial charge in [-0.3, -0.25) is 9.88 Å². The number of aromatic nitrogens is 2. The highest BCUT2D eigenvalue weighted by Gasteiger charge is 2.22. The molecule has 3 heterocycles. The van der Waals surface area contributed by atoms with Crippen molar-refractivity contribution < 1.29 is 0 Å². The highest BCUT2D eigenvalue weighted by atomic mass is 127. The number of piperidine rings is 1. The Bertz CT molecular complexity index is 789. The number of nitrogens with zero attached hydrogens (tertiary/aromatic N) is 3. The van der Waals surface area contributed by atoms with Gasteiger partial charge in [-0.25, -0.2) is 0 Å². The Kier molecular flexibility index (Phi) is 4.35. The first-order chi connectivity index (χ1) is 11.3. The number of hydrogen-bond donors (Lipinski definition) is 0. The number of likely N-dealkylation sites (tertiary alicyclic amines) is 1. The molecule has 0 amide bonds. The smallest absolute Gasteiger partial charge is 0.0543 e. The van der Waals surface area contributed by atoms with Crippen LogP contribution in [0, 0.1) is 3.57 Å². The predicted octanol–water partition coefficient (Wildman–Crippen LogP) is 4.48. The molecule has 3 aromatic rings. The van der Waals surface area contributed by atoms with Crippen LogP contribution in [-0.2, 0) is 6.54 Å². The number of halogens is 1. The molecule has 118 valence electrons. The Hall–Kier alpha value is -1.40. The average Bonchev–Trinajstić information content (AvgIpc) is 2.94. The zero-order chi connectivity index (χ0) is 15.6. The van der Waals surface area contributed by atoms with Crippen molar-refractivity contribution in [3.63, 3.8) is 0 Å². The molecule has 3 nitrogen and oxygen atoms in total. The van der Waals surface area contributed by atoms with Gasteiger partial charge in [0.15, 0.2) is 0 Å².